The lowest BCUT2D eigenvalue weighted by Gasteiger charge is -2.36. The number of hydrogen-bond donors (Lipinski definition) is 0. The molecule has 142 valence electrons. The van der Waals surface area contributed by atoms with Gasteiger partial charge in [0.15, 0.2) is 0 Å². The average Bonchev–Trinajstić information content (AvgIpc) is 3.17. The van der Waals surface area contributed by atoms with E-state index >= 15 is 0 Å². The highest BCUT2D eigenvalue weighted by Crippen LogP contribution is 2.36. The molecule has 2 aliphatic heterocycles. The first-order chi connectivity index (χ1) is 13.0. The zero-order chi connectivity index (χ0) is 19.1. The molecule has 0 saturated carbocycles. The Kier molecular flexibility index (Phi) is 4.69. The summed E-state index contributed by atoms with van der Waals surface area (Å²) in [6.45, 7) is 4.37. The van der Waals surface area contributed by atoms with Gasteiger partial charge in [0.05, 0.1) is 22.9 Å². The number of amides is 4. The van der Waals surface area contributed by atoms with Crippen molar-refractivity contribution in [2.45, 2.75) is 45.2 Å². The lowest BCUT2D eigenvalue weighted by atomic mass is 10.0. The van der Waals surface area contributed by atoms with E-state index in [0.29, 0.717) is 0 Å². The summed E-state index contributed by atoms with van der Waals surface area (Å²) in [6, 6.07) is 7.22. The minimum absolute atomic E-state index is 0.0555. The van der Waals surface area contributed by atoms with Gasteiger partial charge in [-0.15, -0.1) is 11.3 Å². The Balaban J connectivity index is 1.59. The third kappa shape index (κ3) is 3.12. The Morgan fingerprint density at radius 3 is 2.63 bits per heavy atom. The van der Waals surface area contributed by atoms with Crippen molar-refractivity contribution < 1.29 is 14.4 Å². The molecule has 27 heavy (non-hydrogen) atoms. The van der Waals surface area contributed by atoms with Crippen LogP contribution in [0.15, 0.2) is 24.3 Å². The maximum Gasteiger partial charge on any atom is 0.335 e. The van der Waals surface area contributed by atoms with Gasteiger partial charge in [-0.05, 0) is 38.8 Å². The predicted octanol–water partition coefficient (Wildman–Crippen LogP) is 2.98. The average molecular weight is 386 g/mol. The fraction of sp³-hybridized carbons (Fsp3) is 0.474. The highest BCUT2D eigenvalue weighted by atomic mass is 32.1. The summed E-state index contributed by atoms with van der Waals surface area (Å²) in [5, 5.41) is 1.00. The molecule has 1 atom stereocenters. The number of piperidine rings is 1. The Morgan fingerprint density at radius 1 is 1.15 bits per heavy atom. The zero-order valence-corrected chi connectivity index (χ0v) is 16.2. The van der Waals surface area contributed by atoms with Gasteiger partial charge in [-0.3, -0.25) is 19.4 Å². The monoisotopic (exact) mass is 386 g/mol. The quantitative estimate of drug-likeness (QED) is 0.597. The second-order valence-corrected chi connectivity index (χ2v) is 8.33. The topological polar surface area (TPSA) is 73.8 Å². The lowest BCUT2D eigenvalue weighted by molar-refractivity contribution is -0.144. The molecule has 2 saturated heterocycles. The van der Waals surface area contributed by atoms with Crippen LogP contribution < -0.4 is 0 Å². The number of benzene rings is 1. The van der Waals surface area contributed by atoms with Crippen molar-refractivity contribution in [2.75, 3.05) is 13.2 Å². The molecule has 0 radical (unpaired) electrons. The summed E-state index contributed by atoms with van der Waals surface area (Å²) in [6.07, 6.45) is 3.01. The van der Waals surface area contributed by atoms with E-state index in [1.54, 1.807) is 25.2 Å². The van der Waals surface area contributed by atoms with Crippen molar-refractivity contribution in [3.8, 4) is 0 Å². The van der Waals surface area contributed by atoms with Gasteiger partial charge in [0.25, 0.3) is 0 Å². The standard InChI is InChI=1S/C19H22N4O3S/c1-12(2)23-18(25)17(24)22(19(23)26)11-21-10-6-5-8-14(21)16-20-13-7-3-4-9-15(13)27-16/h3-4,7,9,12,14H,5-6,8,10-11H2,1-2H3/t14-/m1/s1. The van der Waals surface area contributed by atoms with Crippen LogP contribution in [0, 0.1) is 0 Å². The molecule has 1 aromatic carbocycles. The van der Waals surface area contributed by atoms with Gasteiger partial charge in [-0.1, -0.05) is 18.6 Å². The van der Waals surface area contributed by atoms with Crippen LogP contribution in [0.3, 0.4) is 0 Å². The Morgan fingerprint density at radius 2 is 1.93 bits per heavy atom. The third-order valence-electron chi connectivity index (χ3n) is 5.13. The highest BCUT2D eigenvalue weighted by molar-refractivity contribution is 7.18. The molecular weight excluding hydrogens is 364 g/mol. The fourth-order valence-corrected chi connectivity index (χ4v) is 4.89. The number of para-hydroxylation sites is 1. The number of thiazole rings is 1. The first kappa shape index (κ1) is 18.1. The number of imide groups is 2. The van der Waals surface area contributed by atoms with Gasteiger partial charge in [0, 0.05) is 12.6 Å². The maximum absolute atomic E-state index is 12.6. The number of aromatic nitrogens is 1. The van der Waals surface area contributed by atoms with Crippen LogP contribution in [0.2, 0.25) is 0 Å². The molecule has 1 aromatic heterocycles. The third-order valence-corrected chi connectivity index (χ3v) is 6.27. The number of rotatable bonds is 4. The molecule has 2 fully saturated rings. The number of carbonyl (C=O) groups is 3. The number of carbonyl (C=O) groups excluding carboxylic acids is 3. The molecule has 4 amide bonds. The smallest absolute Gasteiger partial charge is 0.276 e. The minimum Gasteiger partial charge on any atom is -0.276 e. The SMILES string of the molecule is CC(C)N1C(=O)C(=O)N(CN2CCCC[C@@H]2c2nc3ccccc3s2)C1=O. The summed E-state index contributed by atoms with van der Waals surface area (Å²) in [4.78, 5) is 46.1. The van der Waals surface area contributed by atoms with E-state index in [2.05, 4.69) is 11.0 Å². The van der Waals surface area contributed by atoms with Crippen molar-refractivity contribution in [2.24, 2.45) is 0 Å². The van der Waals surface area contributed by atoms with Crippen molar-refractivity contribution in [1.29, 1.82) is 0 Å². The molecule has 0 spiro atoms. The second kappa shape index (κ2) is 7.01. The summed E-state index contributed by atoms with van der Waals surface area (Å²) in [5.41, 5.74) is 0.970. The van der Waals surface area contributed by atoms with Crippen LogP contribution in [0.1, 0.15) is 44.2 Å². The van der Waals surface area contributed by atoms with Crippen LogP contribution in [0.25, 0.3) is 10.2 Å². The summed E-state index contributed by atoms with van der Waals surface area (Å²) in [7, 11) is 0. The van der Waals surface area contributed by atoms with Crippen molar-refractivity contribution in [1.82, 2.24) is 19.7 Å². The largest absolute Gasteiger partial charge is 0.335 e. The number of likely N-dealkylation sites (tertiary alicyclic amines) is 1. The van der Waals surface area contributed by atoms with Gasteiger partial charge in [0.1, 0.15) is 5.01 Å². The van der Waals surface area contributed by atoms with Gasteiger partial charge >= 0.3 is 17.8 Å². The van der Waals surface area contributed by atoms with Crippen LogP contribution >= 0.6 is 11.3 Å². The molecule has 3 heterocycles. The minimum atomic E-state index is -0.734. The maximum atomic E-state index is 12.6. The first-order valence-electron chi connectivity index (χ1n) is 9.26. The summed E-state index contributed by atoms with van der Waals surface area (Å²) < 4.78 is 1.13. The Labute approximate surface area is 161 Å². The molecule has 0 N–H and O–H groups in total. The molecule has 0 bridgehead atoms. The predicted molar refractivity (Wildman–Crippen MR) is 102 cm³/mol. The number of urea groups is 1. The van der Waals surface area contributed by atoms with E-state index in [0.717, 1.165) is 50.8 Å². The zero-order valence-electron chi connectivity index (χ0n) is 15.4. The van der Waals surface area contributed by atoms with E-state index in [-0.39, 0.29) is 18.8 Å². The van der Waals surface area contributed by atoms with Crippen LogP contribution in [-0.4, -0.2) is 56.8 Å². The van der Waals surface area contributed by atoms with Crippen molar-refractivity contribution >= 4 is 39.4 Å². The van der Waals surface area contributed by atoms with Gasteiger partial charge in [0.2, 0.25) is 0 Å². The first-order valence-corrected chi connectivity index (χ1v) is 10.1. The van der Waals surface area contributed by atoms with E-state index < -0.39 is 17.8 Å². The number of nitrogens with zero attached hydrogens (tertiary/aromatic N) is 4. The van der Waals surface area contributed by atoms with Gasteiger partial charge in [-0.25, -0.2) is 14.7 Å². The van der Waals surface area contributed by atoms with Crippen LogP contribution in [0.5, 0.6) is 0 Å². The fourth-order valence-electron chi connectivity index (χ4n) is 3.76. The van der Waals surface area contributed by atoms with E-state index in [1.165, 1.54) is 0 Å². The van der Waals surface area contributed by atoms with E-state index in [1.807, 2.05) is 18.2 Å². The van der Waals surface area contributed by atoms with Crippen molar-refractivity contribution in [3.63, 3.8) is 0 Å². The molecule has 0 aliphatic carbocycles. The second-order valence-electron chi connectivity index (χ2n) is 7.27. The van der Waals surface area contributed by atoms with E-state index in [4.69, 9.17) is 4.98 Å². The number of fused-ring (bicyclic) bond motifs is 1. The van der Waals surface area contributed by atoms with Gasteiger partial charge in [-0.2, -0.15) is 0 Å². The Bertz CT molecular complexity index is 876. The Hall–Kier alpha value is -2.32. The van der Waals surface area contributed by atoms with Crippen LogP contribution in [-0.2, 0) is 9.59 Å². The molecule has 7 nitrogen and oxygen atoms in total. The van der Waals surface area contributed by atoms with Gasteiger partial charge < -0.3 is 0 Å². The molecule has 0 unspecified atom stereocenters. The molecule has 8 heteroatoms. The number of hydrogen-bond acceptors (Lipinski definition) is 6. The van der Waals surface area contributed by atoms with Crippen molar-refractivity contribution in [3.05, 3.63) is 29.3 Å². The normalized spacial score (nSPS) is 21.9. The molecular formula is C19H22N4O3S. The van der Waals surface area contributed by atoms with E-state index in [9.17, 15) is 14.4 Å². The molecule has 4 rings (SSSR count). The lowest BCUT2D eigenvalue weighted by Crippen LogP contribution is -2.46. The summed E-state index contributed by atoms with van der Waals surface area (Å²) in [5.74, 6) is -1.47. The highest BCUT2D eigenvalue weighted by Gasteiger charge is 2.46. The van der Waals surface area contributed by atoms with Crippen LogP contribution in [0.4, 0.5) is 4.79 Å². The molecule has 2 aromatic rings. The molecule has 2 aliphatic rings. The summed E-state index contributed by atoms with van der Waals surface area (Å²) >= 11 is 1.65.